The number of imidazole rings is 1. The predicted molar refractivity (Wildman–Crippen MR) is 75.4 cm³/mol. The second kappa shape index (κ2) is 7.41. The summed E-state index contributed by atoms with van der Waals surface area (Å²) in [7, 11) is 0. The average Bonchev–Trinajstić information content (AvgIpc) is 2.95. The number of pyridine rings is 1. The monoisotopic (exact) mass is 260 g/mol. The number of nitrogens with zero attached hydrogens (tertiary/aromatic N) is 3. The third-order valence-electron chi connectivity index (χ3n) is 2.68. The van der Waals surface area contributed by atoms with E-state index in [4.69, 9.17) is 4.74 Å². The minimum atomic E-state index is 0.718. The third-order valence-corrected chi connectivity index (χ3v) is 2.68. The van der Waals surface area contributed by atoms with E-state index in [0.717, 1.165) is 44.1 Å². The third kappa shape index (κ3) is 4.28. The Morgan fingerprint density at radius 1 is 1.37 bits per heavy atom. The van der Waals surface area contributed by atoms with E-state index < -0.39 is 0 Å². The van der Waals surface area contributed by atoms with Crippen molar-refractivity contribution in [2.24, 2.45) is 0 Å². The highest BCUT2D eigenvalue weighted by molar-refractivity contribution is 5.49. The van der Waals surface area contributed by atoms with Crippen molar-refractivity contribution in [1.29, 1.82) is 0 Å². The van der Waals surface area contributed by atoms with Gasteiger partial charge in [0.05, 0.1) is 12.9 Å². The molecule has 0 aliphatic rings. The van der Waals surface area contributed by atoms with Gasteiger partial charge >= 0.3 is 0 Å². The van der Waals surface area contributed by atoms with E-state index in [2.05, 4.69) is 26.8 Å². The minimum Gasteiger partial charge on any atom is -0.490 e. The zero-order valence-corrected chi connectivity index (χ0v) is 11.2. The lowest BCUT2D eigenvalue weighted by atomic mass is 10.3. The van der Waals surface area contributed by atoms with Crippen LogP contribution in [0.2, 0.25) is 0 Å². The molecule has 102 valence electrons. The summed E-state index contributed by atoms with van der Waals surface area (Å²) in [6.07, 6.45) is 9.38. The number of nitrogens with one attached hydrogen (secondary N) is 1. The molecule has 0 saturated carbocycles. The number of rotatable bonds is 8. The summed E-state index contributed by atoms with van der Waals surface area (Å²) in [5, 5.41) is 3.31. The van der Waals surface area contributed by atoms with Crippen LogP contribution in [0.4, 0.5) is 5.82 Å². The average molecular weight is 260 g/mol. The number of anilines is 1. The van der Waals surface area contributed by atoms with Gasteiger partial charge in [0.2, 0.25) is 0 Å². The van der Waals surface area contributed by atoms with Crippen molar-refractivity contribution in [1.82, 2.24) is 14.5 Å². The fourth-order valence-electron chi connectivity index (χ4n) is 1.74. The molecular weight excluding hydrogens is 240 g/mol. The Hall–Kier alpha value is -2.04. The van der Waals surface area contributed by atoms with E-state index in [1.54, 1.807) is 12.4 Å². The van der Waals surface area contributed by atoms with Crippen LogP contribution in [-0.4, -0.2) is 27.7 Å². The summed E-state index contributed by atoms with van der Waals surface area (Å²) < 4.78 is 7.71. The molecule has 0 spiro atoms. The van der Waals surface area contributed by atoms with Gasteiger partial charge in [0, 0.05) is 31.7 Å². The highest BCUT2D eigenvalue weighted by Crippen LogP contribution is 2.20. The maximum atomic E-state index is 5.65. The molecule has 0 saturated heterocycles. The molecule has 2 aromatic heterocycles. The maximum Gasteiger partial charge on any atom is 0.168 e. The van der Waals surface area contributed by atoms with Crippen LogP contribution in [0.1, 0.15) is 19.8 Å². The van der Waals surface area contributed by atoms with E-state index in [1.165, 1.54) is 0 Å². The minimum absolute atomic E-state index is 0.718. The Kier molecular flexibility index (Phi) is 5.22. The van der Waals surface area contributed by atoms with Gasteiger partial charge in [-0.2, -0.15) is 0 Å². The van der Waals surface area contributed by atoms with Crippen LogP contribution in [-0.2, 0) is 6.54 Å². The molecule has 0 radical (unpaired) electrons. The lowest BCUT2D eigenvalue weighted by molar-refractivity contribution is 0.318. The number of aryl methyl sites for hydroxylation is 1. The normalized spacial score (nSPS) is 10.4. The molecule has 0 aliphatic heterocycles. The van der Waals surface area contributed by atoms with Gasteiger partial charge in [0.1, 0.15) is 0 Å². The Morgan fingerprint density at radius 2 is 2.32 bits per heavy atom. The van der Waals surface area contributed by atoms with Crippen molar-refractivity contribution in [3.8, 4) is 5.75 Å². The fourth-order valence-corrected chi connectivity index (χ4v) is 1.74. The zero-order chi connectivity index (χ0) is 13.3. The highest BCUT2D eigenvalue weighted by Gasteiger charge is 2.03. The number of hydrogen-bond donors (Lipinski definition) is 1. The summed E-state index contributed by atoms with van der Waals surface area (Å²) in [5.74, 6) is 1.65. The first kappa shape index (κ1) is 13.4. The zero-order valence-electron chi connectivity index (χ0n) is 11.2. The molecule has 0 fully saturated rings. The van der Waals surface area contributed by atoms with Crippen LogP contribution < -0.4 is 10.1 Å². The van der Waals surface area contributed by atoms with Gasteiger partial charge in [0.15, 0.2) is 11.6 Å². The molecule has 5 heteroatoms. The van der Waals surface area contributed by atoms with Crippen molar-refractivity contribution < 1.29 is 4.74 Å². The molecule has 0 aliphatic carbocycles. The Morgan fingerprint density at radius 3 is 3.11 bits per heavy atom. The fraction of sp³-hybridized carbons (Fsp3) is 0.429. The lowest BCUT2D eigenvalue weighted by Gasteiger charge is -2.11. The number of ether oxygens (including phenoxy) is 1. The van der Waals surface area contributed by atoms with Gasteiger partial charge < -0.3 is 14.6 Å². The van der Waals surface area contributed by atoms with Gasteiger partial charge in [0.25, 0.3) is 0 Å². The van der Waals surface area contributed by atoms with E-state index in [9.17, 15) is 0 Å². The highest BCUT2D eigenvalue weighted by atomic mass is 16.5. The molecule has 5 nitrogen and oxygen atoms in total. The van der Waals surface area contributed by atoms with Crippen molar-refractivity contribution in [2.75, 3.05) is 18.5 Å². The summed E-state index contributed by atoms with van der Waals surface area (Å²) >= 11 is 0. The Labute approximate surface area is 113 Å². The first-order valence-electron chi connectivity index (χ1n) is 6.67. The van der Waals surface area contributed by atoms with Crippen molar-refractivity contribution in [2.45, 2.75) is 26.3 Å². The van der Waals surface area contributed by atoms with Gasteiger partial charge in [-0.1, -0.05) is 6.92 Å². The molecule has 19 heavy (non-hydrogen) atoms. The molecule has 0 atom stereocenters. The van der Waals surface area contributed by atoms with Crippen LogP contribution in [0.5, 0.6) is 5.75 Å². The number of aromatic nitrogens is 3. The summed E-state index contributed by atoms with van der Waals surface area (Å²) in [6, 6.07) is 3.84. The molecule has 1 N–H and O–H groups in total. The Balaban J connectivity index is 1.78. The quantitative estimate of drug-likeness (QED) is 0.741. The standard InChI is InChI=1S/C14H20N4O/c1-2-11-19-13-5-3-6-16-14(13)17-7-4-9-18-10-8-15-12-18/h3,5-6,8,10,12H,2,4,7,9,11H2,1H3,(H,16,17). The predicted octanol–water partition coefficient (Wildman–Crippen LogP) is 2.57. The SMILES string of the molecule is CCCOc1cccnc1NCCCn1ccnc1. The number of hydrogen-bond acceptors (Lipinski definition) is 4. The maximum absolute atomic E-state index is 5.65. The molecule has 2 heterocycles. The van der Waals surface area contributed by atoms with Crippen LogP contribution in [0, 0.1) is 0 Å². The van der Waals surface area contributed by atoms with Crippen LogP contribution in [0.15, 0.2) is 37.1 Å². The largest absolute Gasteiger partial charge is 0.490 e. The van der Waals surface area contributed by atoms with Gasteiger partial charge in [-0.15, -0.1) is 0 Å². The molecule has 2 rings (SSSR count). The Bertz CT molecular complexity index is 470. The molecule has 0 unspecified atom stereocenters. The van der Waals surface area contributed by atoms with E-state index in [1.807, 2.05) is 24.7 Å². The van der Waals surface area contributed by atoms with E-state index >= 15 is 0 Å². The van der Waals surface area contributed by atoms with Crippen LogP contribution in [0.25, 0.3) is 0 Å². The molecule has 0 amide bonds. The smallest absolute Gasteiger partial charge is 0.168 e. The van der Waals surface area contributed by atoms with Crippen LogP contribution in [0.3, 0.4) is 0 Å². The molecular formula is C14H20N4O. The molecule has 0 bridgehead atoms. The van der Waals surface area contributed by atoms with Crippen molar-refractivity contribution in [3.63, 3.8) is 0 Å². The second-order valence-corrected chi connectivity index (χ2v) is 4.28. The first-order chi connectivity index (χ1) is 9.40. The van der Waals surface area contributed by atoms with Gasteiger partial charge in [-0.05, 0) is 25.0 Å². The topological polar surface area (TPSA) is 52.0 Å². The molecule has 0 aromatic carbocycles. The summed E-state index contributed by atoms with van der Waals surface area (Å²) in [4.78, 5) is 8.33. The summed E-state index contributed by atoms with van der Waals surface area (Å²) in [6.45, 7) is 4.62. The van der Waals surface area contributed by atoms with Crippen LogP contribution >= 0.6 is 0 Å². The second-order valence-electron chi connectivity index (χ2n) is 4.28. The van der Waals surface area contributed by atoms with Crippen molar-refractivity contribution in [3.05, 3.63) is 37.1 Å². The van der Waals surface area contributed by atoms with Gasteiger partial charge in [-0.25, -0.2) is 9.97 Å². The summed E-state index contributed by atoms with van der Waals surface area (Å²) in [5.41, 5.74) is 0. The van der Waals surface area contributed by atoms with E-state index in [0.29, 0.717) is 0 Å². The lowest BCUT2D eigenvalue weighted by Crippen LogP contribution is -2.08. The molecule has 2 aromatic rings. The van der Waals surface area contributed by atoms with Gasteiger partial charge in [-0.3, -0.25) is 0 Å². The van der Waals surface area contributed by atoms with E-state index in [-0.39, 0.29) is 0 Å². The van der Waals surface area contributed by atoms with Crippen molar-refractivity contribution >= 4 is 5.82 Å². The first-order valence-corrected chi connectivity index (χ1v) is 6.67.